The predicted octanol–water partition coefficient (Wildman–Crippen LogP) is 5.05. The molecule has 2 fully saturated rings. The number of nitrogens with one attached hydrogen (secondary N) is 1. The van der Waals surface area contributed by atoms with E-state index >= 15 is 0 Å². The molecule has 194 valence electrons. The number of ether oxygens (including phenoxy) is 2. The molecule has 6 rings (SSSR count). The smallest absolute Gasteiger partial charge is 0.327 e. The molecule has 1 aliphatic heterocycles. The maximum Gasteiger partial charge on any atom is 0.327 e. The van der Waals surface area contributed by atoms with Gasteiger partial charge in [0.1, 0.15) is 11.8 Å². The number of carbonyl (C=O) groups is 2. The standard InChI is InChI=1S/C31H31N3O4/c1-37-31(36)29(21-6-3-2-4-7-21)33-14-16-34(17-15-33)30(35)23-9-5-8-22(18-23)28-20-24-19-26(38-25-10-11-25)12-13-27(24)32-28/h2-9,12-13,18-20,25,29,32H,10-11,14-17H2,1H3. The van der Waals surface area contributed by atoms with Gasteiger partial charge in [-0.2, -0.15) is 0 Å². The highest BCUT2D eigenvalue weighted by Crippen LogP contribution is 2.31. The van der Waals surface area contributed by atoms with Crippen molar-refractivity contribution in [3.8, 4) is 17.0 Å². The van der Waals surface area contributed by atoms with Gasteiger partial charge < -0.3 is 19.4 Å². The Bertz CT molecular complexity index is 1450. The maximum atomic E-state index is 13.4. The molecule has 1 saturated carbocycles. The number of nitrogens with zero attached hydrogens (tertiary/aromatic N) is 2. The fourth-order valence-electron chi connectivity index (χ4n) is 5.15. The van der Waals surface area contributed by atoms with Crippen molar-refractivity contribution in [3.63, 3.8) is 0 Å². The van der Waals surface area contributed by atoms with E-state index < -0.39 is 6.04 Å². The second-order valence-electron chi connectivity index (χ2n) is 9.99. The molecule has 1 N–H and O–H groups in total. The van der Waals surface area contributed by atoms with Crippen LogP contribution in [-0.4, -0.2) is 66.1 Å². The van der Waals surface area contributed by atoms with Crippen molar-refractivity contribution in [1.29, 1.82) is 0 Å². The van der Waals surface area contributed by atoms with Crippen molar-refractivity contribution < 1.29 is 19.1 Å². The second-order valence-corrected chi connectivity index (χ2v) is 9.99. The Morgan fingerprint density at radius 2 is 1.68 bits per heavy atom. The van der Waals surface area contributed by atoms with Crippen LogP contribution in [0.15, 0.2) is 78.9 Å². The zero-order valence-corrected chi connectivity index (χ0v) is 21.4. The highest BCUT2D eigenvalue weighted by atomic mass is 16.5. The first-order valence-electron chi connectivity index (χ1n) is 13.1. The molecule has 1 unspecified atom stereocenters. The molecule has 4 aromatic rings. The predicted molar refractivity (Wildman–Crippen MR) is 146 cm³/mol. The number of hydrogen-bond donors (Lipinski definition) is 1. The van der Waals surface area contributed by atoms with Crippen LogP contribution < -0.4 is 4.74 Å². The van der Waals surface area contributed by atoms with E-state index in [9.17, 15) is 9.59 Å². The number of fused-ring (bicyclic) bond motifs is 1. The van der Waals surface area contributed by atoms with Crippen LogP contribution in [0.3, 0.4) is 0 Å². The summed E-state index contributed by atoms with van der Waals surface area (Å²) in [6, 6.07) is 25.2. The molecule has 0 bridgehead atoms. The molecule has 7 heteroatoms. The molecule has 3 aromatic carbocycles. The highest BCUT2D eigenvalue weighted by molar-refractivity contribution is 5.96. The second kappa shape index (κ2) is 10.3. The van der Waals surface area contributed by atoms with Gasteiger partial charge in [0.25, 0.3) is 5.91 Å². The van der Waals surface area contributed by atoms with E-state index in [1.165, 1.54) is 7.11 Å². The summed E-state index contributed by atoms with van der Waals surface area (Å²) in [4.78, 5) is 33.5. The van der Waals surface area contributed by atoms with E-state index in [-0.39, 0.29) is 11.9 Å². The Kier molecular flexibility index (Phi) is 6.60. The zero-order valence-electron chi connectivity index (χ0n) is 21.4. The molecular formula is C31H31N3O4. The molecule has 38 heavy (non-hydrogen) atoms. The Morgan fingerprint density at radius 1 is 0.895 bits per heavy atom. The van der Waals surface area contributed by atoms with Crippen molar-refractivity contribution in [3.05, 3.63) is 90.0 Å². The molecule has 2 heterocycles. The molecule has 1 amide bonds. The maximum absolute atomic E-state index is 13.4. The van der Waals surface area contributed by atoms with Crippen molar-refractivity contribution in [2.75, 3.05) is 33.3 Å². The van der Waals surface area contributed by atoms with Crippen LogP contribution in [0.4, 0.5) is 0 Å². The van der Waals surface area contributed by atoms with Gasteiger partial charge in [-0.3, -0.25) is 9.69 Å². The minimum atomic E-state index is -0.473. The van der Waals surface area contributed by atoms with Gasteiger partial charge >= 0.3 is 5.97 Å². The molecule has 1 atom stereocenters. The first kappa shape index (κ1) is 24.2. The fraction of sp³-hybridized carbons (Fsp3) is 0.290. The summed E-state index contributed by atoms with van der Waals surface area (Å²) >= 11 is 0. The molecule has 0 spiro atoms. The number of esters is 1. The summed E-state index contributed by atoms with van der Waals surface area (Å²) < 4.78 is 11.0. The van der Waals surface area contributed by atoms with Gasteiger partial charge in [0, 0.05) is 48.3 Å². The minimum absolute atomic E-state index is 0.00272. The largest absolute Gasteiger partial charge is 0.490 e. The summed E-state index contributed by atoms with van der Waals surface area (Å²) in [6.07, 6.45) is 2.62. The lowest BCUT2D eigenvalue weighted by Crippen LogP contribution is -2.51. The Balaban J connectivity index is 1.15. The van der Waals surface area contributed by atoms with E-state index in [1.54, 1.807) is 0 Å². The van der Waals surface area contributed by atoms with Crippen molar-refractivity contribution in [1.82, 2.24) is 14.8 Å². The van der Waals surface area contributed by atoms with E-state index in [1.807, 2.05) is 71.6 Å². The average molecular weight is 510 g/mol. The topological polar surface area (TPSA) is 74.9 Å². The van der Waals surface area contributed by atoms with Gasteiger partial charge in [0.2, 0.25) is 0 Å². The fourth-order valence-corrected chi connectivity index (χ4v) is 5.15. The third-order valence-electron chi connectivity index (χ3n) is 7.35. The monoisotopic (exact) mass is 509 g/mol. The summed E-state index contributed by atoms with van der Waals surface area (Å²) in [5, 5.41) is 1.09. The van der Waals surface area contributed by atoms with Crippen LogP contribution in [0.5, 0.6) is 5.75 Å². The number of benzene rings is 3. The van der Waals surface area contributed by atoms with Crippen LogP contribution in [0, 0.1) is 0 Å². The minimum Gasteiger partial charge on any atom is -0.490 e. The Labute approximate surface area is 222 Å². The summed E-state index contributed by atoms with van der Waals surface area (Å²) in [6.45, 7) is 2.26. The van der Waals surface area contributed by atoms with Crippen molar-refractivity contribution in [2.45, 2.75) is 25.0 Å². The SMILES string of the molecule is COC(=O)C(c1ccccc1)N1CCN(C(=O)c2cccc(-c3cc4cc(OC5CC5)ccc4[nH]3)c2)CC1. The lowest BCUT2D eigenvalue weighted by molar-refractivity contribution is -0.148. The van der Waals surface area contributed by atoms with Gasteiger partial charge in [-0.1, -0.05) is 42.5 Å². The van der Waals surface area contributed by atoms with E-state index in [2.05, 4.69) is 22.0 Å². The third-order valence-corrected chi connectivity index (χ3v) is 7.35. The van der Waals surface area contributed by atoms with Crippen LogP contribution in [-0.2, 0) is 9.53 Å². The van der Waals surface area contributed by atoms with E-state index in [0.717, 1.165) is 46.3 Å². The van der Waals surface area contributed by atoms with Crippen LogP contribution in [0.2, 0.25) is 0 Å². The number of methoxy groups -OCH3 is 1. The Morgan fingerprint density at radius 3 is 2.42 bits per heavy atom. The first-order valence-corrected chi connectivity index (χ1v) is 13.1. The quantitative estimate of drug-likeness (QED) is 0.353. The molecule has 1 aliphatic carbocycles. The van der Waals surface area contributed by atoms with Crippen LogP contribution in [0.1, 0.15) is 34.8 Å². The number of H-pyrrole nitrogens is 1. The number of piperazine rings is 1. The number of amides is 1. The van der Waals surface area contributed by atoms with Gasteiger partial charge in [0.05, 0.1) is 13.2 Å². The molecule has 1 aromatic heterocycles. The van der Waals surface area contributed by atoms with Gasteiger partial charge in [0.15, 0.2) is 0 Å². The molecule has 0 radical (unpaired) electrons. The van der Waals surface area contributed by atoms with Crippen molar-refractivity contribution in [2.24, 2.45) is 0 Å². The van der Waals surface area contributed by atoms with E-state index in [4.69, 9.17) is 9.47 Å². The van der Waals surface area contributed by atoms with Gasteiger partial charge in [-0.05, 0) is 60.4 Å². The molecule has 1 saturated heterocycles. The van der Waals surface area contributed by atoms with Crippen LogP contribution in [0.25, 0.3) is 22.2 Å². The van der Waals surface area contributed by atoms with Crippen LogP contribution >= 0.6 is 0 Å². The summed E-state index contributed by atoms with van der Waals surface area (Å²) in [5.41, 5.74) is 4.52. The third kappa shape index (κ3) is 5.02. The van der Waals surface area contributed by atoms with Gasteiger partial charge in [-0.15, -0.1) is 0 Å². The zero-order chi connectivity index (χ0) is 26.1. The number of aromatic amines is 1. The molecule has 2 aliphatic rings. The number of hydrogen-bond acceptors (Lipinski definition) is 5. The summed E-state index contributed by atoms with van der Waals surface area (Å²) in [5.74, 6) is 0.612. The molecule has 7 nitrogen and oxygen atoms in total. The molecular weight excluding hydrogens is 478 g/mol. The van der Waals surface area contributed by atoms with Crippen molar-refractivity contribution >= 4 is 22.8 Å². The normalized spacial score (nSPS) is 16.8. The lowest BCUT2D eigenvalue weighted by atomic mass is 10.0. The summed E-state index contributed by atoms with van der Waals surface area (Å²) in [7, 11) is 1.42. The average Bonchev–Trinajstić information content (AvgIpc) is 3.68. The van der Waals surface area contributed by atoms with Gasteiger partial charge in [-0.25, -0.2) is 4.79 Å². The lowest BCUT2D eigenvalue weighted by Gasteiger charge is -2.38. The Hall–Kier alpha value is -4.10. The number of carbonyl (C=O) groups excluding carboxylic acids is 2. The van der Waals surface area contributed by atoms with E-state index in [0.29, 0.717) is 37.8 Å². The highest BCUT2D eigenvalue weighted by Gasteiger charge is 2.32. The first-order chi connectivity index (χ1) is 18.6. The number of rotatable bonds is 7. The number of aromatic nitrogens is 1.